The van der Waals surface area contributed by atoms with Crippen molar-refractivity contribution in [1.29, 1.82) is 0 Å². The van der Waals surface area contributed by atoms with E-state index in [0.717, 1.165) is 12.1 Å². The predicted molar refractivity (Wildman–Crippen MR) is 43.5 cm³/mol. The third kappa shape index (κ3) is 2.20. The maximum atomic E-state index is 4.76. The monoisotopic (exact) mass is 163 g/mol. The van der Waals surface area contributed by atoms with Crippen LogP contribution in [-0.2, 0) is 0 Å². The molecule has 9 heavy (non-hydrogen) atoms. The van der Waals surface area contributed by atoms with Crippen molar-refractivity contribution >= 4 is 29.6 Å². The van der Waals surface area contributed by atoms with Gasteiger partial charge in [-0.2, -0.15) is 5.43 Å². The predicted octanol–water partition coefficient (Wildman–Crippen LogP) is 1.15. The van der Waals surface area contributed by atoms with Gasteiger partial charge in [-0.1, -0.05) is 19.1 Å². The highest BCUT2D eigenvalue weighted by atomic mass is 35.5. The molecule has 0 amide bonds. The molecular formula is C5H8ClN2S. The largest absolute Gasteiger partial charge is 0.281 e. The van der Waals surface area contributed by atoms with E-state index >= 15 is 0 Å². The number of hydrogen-bond acceptors (Lipinski definition) is 2. The first kappa shape index (κ1) is 8.72. The van der Waals surface area contributed by atoms with E-state index in [2.05, 4.69) is 17.8 Å². The van der Waals surface area contributed by atoms with Crippen LogP contribution in [0, 0.1) is 0 Å². The molecule has 4 heteroatoms. The Balaban J connectivity index is 0.000000640. The molecule has 0 bridgehead atoms. The van der Waals surface area contributed by atoms with Gasteiger partial charge in [-0.25, -0.2) is 0 Å². The van der Waals surface area contributed by atoms with E-state index in [0.29, 0.717) is 4.99 Å². The molecule has 1 N–H and O–H groups in total. The summed E-state index contributed by atoms with van der Waals surface area (Å²) in [7, 11) is 0. The fourth-order valence-electron chi connectivity index (χ4n) is 0.522. The van der Waals surface area contributed by atoms with Crippen molar-refractivity contribution in [2.24, 2.45) is 0 Å². The Morgan fingerprint density at radius 1 is 1.78 bits per heavy atom. The van der Waals surface area contributed by atoms with Crippen molar-refractivity contribution in [3.05, 3.63) is 11.8 Å². The van der Waals surface area contributed by atoms with Crippen LogP contribution in [0.25, 0.3) is 0 Å². The second-order valence-electron chi connectivity index (χ2n) is 1.58. The molecule has 0 saturated carbocycles. The van der Waals surface area contributed by atoms with Gasteiger partial charge in [0.15, 0.2) is 0 Å². The molecule has 0 saturated heterocycles. The number of thiocarbonyl (C=S) groups is 1. The van der Waals surface area contributed by atoms with Crippen LogP contribution in [0.3, 0.4) is 0 Å². The van der Waals surface area contributed by atoms with E-state index in [1.54, 1.807) is 0 Å². The van der Waals surface area contributed by atoms with Gasteiger partial charge in [-0.05, 0) is 12.5 Å². The van der Waals surface area contributed by atoms with Gasteiger partial charge in [0, 0.05) is 5.70 Å². The highest BCUT2D eigenvalue weighted by Gasteiger charge is 2.04. The van der Waals surface area contributed by atoms with Crippen molar-refractivity contribution in [3.8, 4) is 0 Å². The third-order valence-electron chi connectivity index (χ3n) is 0.988. The second-order valence-corrected chi connectivity index (χ2v) is 2.00. The molecule has 51 valence electrons. The maximum absolute atomic E-state index is 4.76. The first-order valence-electron chi connectivity index (χ1n) is 2.54. The van der Waals surface area contributed by atoms with Crippen molar-refractivity contribution < 1.29 is 0 Å². The van der Waals surface area contributed by atoms with Crippen LogP contribution in [0.4, 0.5) is 0 Å². The molecule has 1 heterocycles. The van der Waals surface area contributed by atoms with Gasteiger partial charge in [0.25, 0.3) is 0 Å². The Morgan fingerprint density at radius 3 is 2.67 bits per heavy atom. The minimum absolute atomic E-state index is 0. The Hall–Kier alpha value is -0.280. The summed E-state index contributed by atoms with van der Waals surface area (Å²) in [6, 6.07) is 0. The van der Waals surface area contributed by atoms with E-state index in [1.807, 2.05) is 6.08 Å². The molecule has 0 aromatic rings. The maximum Gasteiger partial charge on any atom is 0.148 e. The Morgan fingerprint density at radius 2 is 2.44 bits per heavy atom. The quantitative estimate of drug-likeness (QED) is 0.587. The summed E-state index contributed by atoms with van der Waals surface area (Å²) in [6.07, 6.45) is 2.85. The number of nitrogens with zero attached hydrogens (tertiary/aromatic N) is 1. The minimum Gasteiger partial charge on any atom is -0.281 e. The van der Waals surface area contributed by atoms with Gasteiger partial charge >= 0.3 is 0 Å². The van der Waals surface area contributed by atoms with Gasteiger partial charge in [0.2, 0.25) is 0 Å². The molecule has 1 aliphatic rings. The molecular weight excluding hydrogens is 156 g/mol. The normalized spacial score (nSPS) is 15.2. The summed E-state index contributed by atoms with van der Waals surface area (Å²) in [5.74, 6) is 0. The van der Waals surface area contributed by atoms with E-state index < -0.39 is 0 Å². The van der Waals surface area contributed by atoms with Crippen LogP contribution < -0.4 is 10.9 Å². The molecule has 1 aliphatic heterocycles. The summed E-state index contributed by atoms with van der Waals surface area (Å²) >= 11 is 4.76. The Kier molecular flexibility index (Phi) is 3.58. The zero-order chi connectivity index (χ0) is 5.98. The molecule has 0 aromatic carbocycles. The lowest BCUT2D eigenvalue weighted by atomic mass is 10.3. The van der Waals surface area contributed by atoms with Crippen molar-refractivity contribution in [1.82, 2.24) is 10.9 Å². The fourth-order valence-corrected chi connectivity index (χ4v) is 0.710. The number of hydrogen-bond donors (Lipinski definition) is 1. The number of rotatable bonds is 1. The van der Waals surface area contributed by atoms with Gasteiger partial charge in [-0.3, -0.25) is 5.43 Å². The van der Waals surface area contributed by atoms with Gasteiger partial charge < -0.3 is 0 Å². The van der Waals surface area contributed by atoms with Crippen molar-refractivity contribution in [3.63, 3.8) is 0 Å². The molecule has 2 nitrogen and oxygen atoms in total. The summed E-state index contributed by atoms with van der Waals surface area (Å²) < 4.78 is 0. The van der Waals surface area contributed by atoms with Gasteiger partial charge in [0.05, 0.1) is 0 Å². The highest BCUT2D eigenvalue weighted by Crippen LogP contribution is 1.99. The molecule has 1 rings (SSSR count). The number of halogens is 1. The molecule has 0 fully saturated rings. The fraction of sp³-hybridized carbons (Fsp3) is 0.400. The average molecular weight is 164 g/mol. The highest BCUT2D eigenvalue weighted by molar-refractivity contribution is 7.80. The first-order chi connectivity index (χ1) is 3.83. The summed E-state index contributed by atoms with van der Waals surface area (Å²) in [5, 5.41) is 0. The number of nitrogens with one attached hydrogen (secondary N) is 1. The molecule has 0 aliphatic carbocycles. The van der Waals surface area contributed by atoms with E-state index in [9.17, 15) is 0 Å². The van der Waals surface area contributed by atoms with E-state index in [-0.39, 0.29) is 12.4 Å². The van der Waals surface area contributed by atoms with Crippen LogP contribution in [0.5, 0.6) is 0 Å². The Labute approximate surface area is 66.1 Å². The summed E-state index contributed by atoms with van der Waals surface area (Å²) in [6.45, 7) is 2.06. The van der Waals surface area contributed by atoms with Crippen molar-refractivity contribution in [2.75, 3.05) is 0 Å². The van der Waals surface area contributed by atoms with Crippen LogP contribution in [-0.4, -0.2) is 4.99 Å². The summed E-state index contributed by atoms with van der Waals surface area (Å²) in [4.78, 5) is 0.654. The lowest BCUT2D eigenvalue weighted by molar-refractivity contribution is 0.758. The molecule has 0 unspecified atom stereocenters. The molecule has 0 aromatic heterocycles. The lowest BCUT2D eigenvalue weighted by Crippen LogP contribution is -2.18. The standard InChI is InChI=1S/C5H7N2S.ClH/c1-2-4-3-5(8)7-6-4;/h3,6H,2H2,1H3;1H. The SMILES string of the molecule is CCC1=CC(=S)[N]N1.Cl. The molecule has 1 radical (unpaired) electrons. The van der Waals surface area contributed by atoms with E-state index in [1.165, 1.54) is 0 Å². The zero-order valence-electron chi connectivity index (χ0n) is 5.05. The van der Waals surface area contributed by atoms with Gasteiger partial charge in [-0.15, -0.1) is 12.4 Å². The van der Waals surface area contributed by atoms with Crippen LogP contribution >= 0.6 is 24.6 Å². The van der Waals surface area contributed by atoms with Crippen LogP contribution in [0.2, 0.25) is 0 Å². The minimum atomic E-state index is 0. The molecule has 0 atom stereocenters. The smallest absolute Gasteiger partial charge is 0.148 e. The topological polar surface area (TPSA) is 26.1 Å². The lowest BCUT2D eigenvalue weighted by Gasteiger charge is -1.93. The number of allylic oxidation sites excluding steroid dienone is 1. The van der Waals surface area contributed by atoms with Crippen LogP contribution in [0.1, 0.15) is 13.3 Å². The third-order valence-corrected chi connectivity index (χ3v) is 1.20. The van der Waals surface area contributed by atoms with E-state index in [4.69, 9.17) is 12.2 Å². The second kappa shape index (κ2) is 3.69. The average Bonchev–Trinajstić information content (AvgIpc) is 2.14. The Bertz CT molecular complexity index is 144. The van der Waals surface area contributed by atoms with Crippen molar-refractivity contribution in [2.45, 2.75) is 13.3 Å². The summed E-state index contributed by atoms with van der Waals surface area (Å²) in [5.41, 5.74) is 7.68. The van der Waals surface area contributed by atoms with Gasteiger partial charge in [0.1, 0.15) is 4.99 Å². The first-order valence-corrected chi connectivity index (χ1v) is 2.95. The zero-order valence-corrected chi connectivity index (χ0v) is 6.68. The van der Waals surface area contributed by atoms with Crippen LogP contribution in [0.15, 0.2) is 11.8 Å². The molecule has 0 spiro atoms.